The van der Waals surface area contributed by atoms with Crippen molar-refractivity contribution < 1.29 is 22.7 Å². The fraction of sp³-hybridized carbons (Fsp3) is 0.355. The Hall–Kier alpha value is -3.85. The fourth-order valence-corrected chi connectivity index (χ4v) is 5.72. The van der Waals surface area contributed by atoms with Gasteiger partial charge in [-0.1, -0.05) is 61.9 Å². The Balaban J connectivity index is 2.02. The number of nitrogens with one attached hydrogen (secondary N) is 1. The summed E-state index contributed by atoms with van der Waals surface area (Å²) < 4.78 is 34.5. The number of rotatable bonds is 14. The Morgan fingerprint density at radius 3 is 2.12 bits per heavy atom. The van der Waals surface area contributed by atoms with Crippen molar-refractivity contribution in [3.63, 3.8) is 0 Å². The third kappa shape index (κ3) is 7.85. The molecule has 3 aromatic rings. The van der Waals surface area contributed by atoms with E-state index in [1.54, 1.807) is 36.4 Å². The maximum atomic E-state index is 14.0. The molecule has 2 amide bonds. The van der Waals surface area contributed by atoms with E-state index in [0.717, 1.165) is 21.9 Å². The second kappa shape index (κ2) is 14.5. The summed E-state index contributed by atoms with van der Waals surface area (Å²) in [6, 6.07) is 21.7. The number of carbonyl (C=O) groups is 2. The van der Waals surface area contributed by atoms with E-state index >= 15 is 0 Å². The summed E-state index contributed by atoms with van der Waals surface area (Å²) >= 11 is 0. The minimum absolute atomic E-state index is 0.0340. The van der Waals surface area contributed by atoms with Gasteiger partial charge in [0.25, 0.3) is 10.0 Å². The van der Waals surface area contributed by atoms with E-state index < -0.39 is 28.5 Å². The lowest BCUT2D eigenvalue weighted by molar-refractivity contribution is -0.140. The van der Waals surface area contributed by atoms with Crippen LogP contribution < -0.4 is 14.4 Å². The van der Waals surface area contributed by atoms with E-state index in [2.05, 4.69) is 5.32 Å². The second-order valence-corrected chi connectivity index (χ2v) is 11.3. The first-order valence-corrected chi connectivity index (χ1v) is 15.1. The number of anilines is 1. The number of sulfonamides is 1. The van der Waals surface area contributed by atoms with E-state index in [0.29, 0.717) is 31.0 Å². The largest absolute Gasteiger partial charge is 0.494 e. The average Bonchev–Trinajstić information content (AvgIpc) is 2.96. The molecule has 0 fully saturated rings. The predicted octanol–water partition coefficient (Wildman–Crippen LogP) is 4.92. The van der Waals surface area contributed by atoms with E-state index in [1.165, 1.54) is 17.0 Å². The summed E-state index contributed by atoms with van der Waals surface area (Å²) in [5.74, 6) is -0.181. The summed E-state index contributed by atoms with van der Waals surface area (Å²) in [7, 11) is -4.14. The van der Waals surface area contributed by atoms with Crippen molar-refractivity contribution in [3.05, 3.63) is 90.0 Å². The van der Waals surface area contributed by atoms with Crippen LogP contribution in [0.25, 0.3) is 0 Å². The van der Waals surface area contributed by atoms with Crippen molar-refractivity contribution in [1.29, 1.82) is 0 Å². The van der Waals surface area contributed by atoms with E-state index in [1.807, 2.05) is 58.0 Å². The molecular weight excluding hydrogens is 526 g/mol. The van der Waals surface area contributed by atoms with Gasteiger partial charge in [-0.25, -0.2) is 8.42 Å². The van der Waals surface area contributed by atoms with Crippen molar-refractivity contribution in [1.82, 2.24) is 10.2 Å². The highest BCUT2D eigenvalue weighted by molar-refractivity contribution is 7.92. The third-order valence-corrected chi connectivity index (χ3v) is 8.24. The molecule has 0 saturated carbocycles. The topological polar surface area (TPSA) is 96.0 Å². The van der Waals surface area contributed by atoms with Crippen LogP contribution in [-0.2, 0) is 26.2 Å². The maximum Gasteiger partial charge on any atom is 0.264 e. The molecule has 0 heterocycles. The summed E-state index contributed by atoms with van der Waals surface area (Å²) in [4.78, 5) is 28.6. The zero-order valence-electron chi connectivity index (χ0n) is 23.7. The normalized spacial score (nSPS) is 11.9. The highest BCUT2D eigenvalue weighted by Gasteiger charge is 2.33. The molecule has 1 N–H and O–H groups in total. The molecular formula is C31H39N3O5S. The Bertz CT molecular complexity index is 1340. The van der Waals surface area contributed by atoms with Gasteiger partial charge in [-0.2, -0.15) is 0 Å². The van der Waals surface area contributed by atoms with E-state index in [4.69, 9.17) is 4.74 Å². The molecule has 0 radical (unpaired) electrons. The highest BCUT2D eigenvalue weighted by atomic mass is 32.2. The number of hydrogen-bond donors (Lipinski definition) is 1. The molecule has 1 atom stereocenters. The van der Waals surface area contributed by atoms with Gasteiger partial charge in [0.1, 0.15) is 18.3 Å². The summed E-state index contributed by atoms with van der Waals surface area (Å²) in [6.07, 6.45) is 1.14. The third-order valence-electron chi connectivity index (χ3n) is 6.45. The molecule has 0 saturated heterocycles. The van der Waals surface area contributed by atoms with Crippen LogP contribution in [0.15, 0.2) is 83.8 Å². The lowest BCUT2D eigenvalue weighted by Gasteiger charge is -2.33. The smallest absolute Gasteiger partial charge is 0.264 e. The molecule has 9 heteroatoms. The van der Waals surface area contributed by atoms with Crippen LogP contribution in [0.3, 0.4) is 0 Å². The van der Waals surface area contributed by atoms with Crippen LogP contribution in [0, 0.1) is 6.92 Å². The molecule has 0 spiro atoms. The van der Waals surface area contributed by atoms with Gasteiger partial charge in [0, 0.05) is 13.1 Å². The standard InChI is InChI=1S/C31H39N3O5S/c1-5-21-32-31(36)29(6-2)33(22-25-11-9-8-10-12-25)30(35)23-34(26-15-13-24(4)14-16-26)40(37,38)28-19-17-27(18-20-28)39-7-3/h8-20,29H,5-7,21-23H2,1-4H3,(H,32,36)/t29-/m0/s1. The molecule has 3 rings (SSSR count). The fourth-order valence-electron chi connectivity index (χ4n) is 4.31. The zero-order valence-corrected chi connectivity index (χ0v) is 24.5. The van der Waals surface area contributed by atoms with Gasteiger partial charge in [-0.3, -0.25) is 13.9 Å². The minimum Gasteiger partial charge on any atom is -0.494 e. The monoisotopic (exact) mass is 565 g/mol. The first-order chi connectivity index (χ1) is 19.2. The van der Waals surface area contributed by atoms with Crippen molar-refractivity contribution in [3.8, 4) is 5.75 Å². The second-order valence-electron chi connectivity index (χ2n) is 9.47. The van der Waals surface area contributed by atoms with E-state index in [-0.39, 0.29) is 17.3 Å². The molecule has 3 aromatic carbocycles. The number of aryl methyl sites for hydroxylation is 1. The lowest BCUT2D eigenvalue weighted by Crippen LogP contribution is -2.52. The summed E-state index contributed by atoms with van der Waals surface area (Å²) in [6.45, 7) is 8.20. The first kappa shape index (κ1) is 30.7. The summed E-state index contributed by atoms with van der Waals surface area (Å²) in [5, 5.41) is 2.89. The average molecular weight is 566 g/mol. The van der Waals surface area contributed by atoms with Crippen molar-refractivity contribution in [2.24, 2.45) is 0 Å². The van der Waals surface area contributed by atoms with Crippen LogP contribution in [-0.4, -0.2) is 50.9 Å². The molecule has 0 aliphatic carbocycles. The van der Waals surface area contributed by atoms with Gasteiger partial charge in [0.05, 0.1) is 17.2 Å². The Kier molecular flexibility index (Phi) is 11.1. The molecule has 0 aliphatic heterocycles. The quantitative estimate of drug-likeness (QED) is 0.299. The molecule has 0 aromatic heterocycles. The van der Waals surface area contributed by atoms with Crippen LogP contribution in [0.5, 0.6) is 5.75 Å². The lowest BCUT2D eigenvalue weighted by atomic mass is 10.1. The number of ether oxygens (including phenoxy) is 1. The molecule has 0 aliphatic rings. The van der Waals surface area contributed by atoms with Crippen LogP contribution in [0.1, 0.15) is 44.7 Å². The molecule has 8 nitrogen and oxygen atoms in total. The molecule has 0 unspecified atom stereocenters. The first-order valence-electron chi connectivity index (χ1n) is 13.6. The minimum atomic E-state index is -4.14. The molecule has 40 heavy (non-hydrogen) atoms. The summed E-state index contributed by atoms with van der Waals surface area (Å²) in [5.41, 5.74) is 2.16. The molecule has 0 bridgehead atoms. The van der Waals surface area contributed by atoms with E-state index in [9.17, 15) is 18.0 Å². The number of amides is 2. The number of nitrogens with zero attached hydrogens (tertiary/aromatic N) is 2. The van der Waals surface area contributed by atoms with Crippen molar-refractivity contribution >= 4 is 27.5 Å². The van der Waals surface area contributed by atoms with Crippen LogP contribution in [0.4, 0.5) is 5.69 Å². The van der Waals surface area contributed by atoms with Gasteiger partial charge < -0.3 is 15.0 Å². The maximum absolute atomic E-state index is 14.0. The van der Waals surface area contributed by atoms with Gasteiger partial charge in [-0.05, 0) is 68.7 Å². The van der Waals surface area contributed by atoms with Gasteiger partial charge in [-0.15, -0.1) is 0 Å². The number of carbonyl (C=O) groups excluding carboxylic acids is 2. The Morgan fingerprint density at radius 2 is 1.55 bits per heavy atom. The number of hydrogen-bond acceptors (Lipinski definition) is 5. The Morgan fingerprint density at radius 1 is 0.900 bits per heavy atom. The zero-order chi connectivity index (χ0) is 29.1. The number of benzene rings is 3. The van der Waals surface area contributed by atoms with Crippen LogP contribution >= 0.6 is 0 Å². The van der Waals surface area contributed by atoms with Gasteiger partial charge >= 0.3 is 0 Å². The SMILES string of the molecule is CCCNC(=O)[C@H](CC)N(Cc1ccccc1)C(=O)CN(c1ccc(C)cc1)S(=O)(=O)c1ccc(OCC)cc1. The molecule has 214 valence electrons. The van der Waals surface area contributed by atoms with Crippen molar-refractivity contribution in [2.45, 2.75) is 58.0 Å². The van der Waals surface area contributed by atoms with Crippen molar-refractivity contribution in [2.75, 3.05) is 24.0 Å². The van der Waals surface area contributed by atoms with Gasteiger partial charge in [0.2, 0.25) is 11.8 Å². The van der Waals surface area contributed by atoms with Crippen LogP contribution in [0.2, 0.25) is 0 Å². The van der Waals surface area contributed by atoms with Gasteiger partial charge in [0.15, 0.2) is 0 Å². The predicted molar refractivity (Wildman–Crippen MR) is 158 cm³/mol. The Labute approximate surface area is 238 Å². The highest BCUT2D eigenvalue weighted by Crippen LogP contribution is 2.26.